The lowest BCUT2D eigenvalue weighted by atomic mass is 9.98. The highest BCUT2D eigenvalue weighted by Gasteiger charge is 2.18. The molecule has 0 atom stereocenters. The van der Waals surface area contributed by atoms with Gasteiger partial charge in [0.1, 0.15) is 6.10 Å². The molecule has 29 heavy (non-hydrogen) atoms. The normalized spacial score (nSPS) is 14.9. The number of carbonyl (C=O) groups is 2. The summed E-state index contributed by atoms with van der Waals surface area (Å²) in [6.07, 6.45) is 8.70. The SMILES string of the molecule is CC(C)c1ccc(/C=C/C(=O)Nc2ccc(C(=O)OC3CCCCC3)cc2)cc1. The van der Waals surface area contributed by atoms with Gasteiger partial charge in [0.05, 0.1) is 5.56 Å². The number of carbonyl (C=O) groups excluding carboxylic acids is 2. The van der Waals surface area contributed by atoms with E-state index >= 15 is 0 Å². The highest BCUT2D eigenvalue weighted by Crippen LogP contribution is 2.22. The van der Waals surface area contributed by atoms with Crippen LogP contribution in [0.25, 0.3) is 6.08 Å². The summed E-state index contributed by atoms with van der Waals surface area (Å²) < 4.78 is 5.57. The van der Waals surface area contributed by atoms with Crippen LogP contribution in [0, 0.1) is 0 Å². The van der Waals surface area contributed by atoms with E-state index in [1.807, 2.05) is 12.1 Å². The van der Waals surface area contributed by atoms with Crippen molar-refractivity contribution in [3.8, 4) is 0 Å². The molecule has 2 aromatic carbocycles. The molecule has 0 saturated heterocycles. The summed E-state index contributed by atoms with van der Waals surface area (Å²) in [5.41, 5.74) is 3.40. The summed E-state index contributed by atoms with van der Waals surface area (Å²) in [6.45, 7) is 4.30. The number of anilines is 1. The summed E-state index contributed by atoms with van der Waals surface area (Å²) in [5.74, 6) is -0.0192. The summed E-state index contributed by atoms with van der Waals surface area (Å²) >= 11 is 0. The van der Waals surface area contributed by atoms with Crippen LogP contribution in [-0.4, -0.2) is 18.0 Å². The molecule has 1 N–H and O–H groups in total. The molecular formula is C25H29NO3. The first kappa shape index (κ1) is 20.8. The number of amides is 1. The lowest BCUT2D eigenvalue weighted by Crippen LogP contribution is -2.20. The summed E-state index contributed by atoms with van der Waals surface area (Å²) in [7, 11) is 0. The lowest BCUT2D eigenvalue weighted by molar-refractivity contribution is -0.111. The molecule has 0 heterocycles. The molecule has 4 nitrogen and oxygen atoms in total. The third-order valence-electron chi connectivity index (χ3n) is 5.24. The van der Waals surface area contributed by atoms with Gasteiger partial charge in [-0.2, -0.15) is 0 Å². The molecule has 1 aliphatic carbocycles. The minimum absolute atomic E-state index is 0.0374. The molecule has 0 radical (unpaired) electrons. The van der Waals surface area contributed by atoms with Crippen LogP contribution < -0.4 is 5.32 Å². The van der Waals surface area contributed by atoms with E-state index in [4.69, 9.17) is 4.74 Å². The molecule has 2 aromatic rings. The van der Waals surface area contributed by atoms with Gasteiger partial charge in [-0.25, -0.2) is 4.79 Å². The number of nitrogens with one attached hydrogen (secondary N) is 1. The van der Waals surface area contributed by atoms with Crippen LogP contribution in [0.1, 0.15) is 73.4 Å². The molecule has 4 heteroatoms. The maximum Gasteiger partial charge on any atom is 0.338 e. The Morgan fingerprint density at radius 1 is 0.966 bits per heavy atom. The van der Waals surface area contributed by atoms with Gasteiger partial charge in [0.2, 0.25) is 5.91 Å². The van der Waals surface area contributed by atoms with Gasteiger partial charge in [0.15, 0.2) is 0 Å². The van der Waals surface area contributed by atoms with Crippen LogP contribution in [0.3, 0.4) is 0 Å². The van der Waals surface area contributed by atoms with Crippen molar-refractivity contribution < 1.29 is 14.3 Å². The predicted octanol–water partition coefficient (Wildman–Crippen LogP) is 5.95. The van der Waals surface area contributed by atoms with Gasteiger partial charge in [-0.05, 0) is 73.1 Å². The smallest absolute Gasteiger partial charge is 0.338 e. The fraction of sp³-hybridized carbons (Fsp3) is 0.360. The highest BCUT2D eigenvalue weighted by atomic mass is 16.5. The zero-order chi connectivity index (χ0) is 20.6. The standard InChI is InChI=1S/C25H29NO3/c1-18(2)20-11-8-19(9-12-20)10-17-24(27)26-22-15-13-21(14-16-22)25(28)29-23-6-4-3-5-7-23/h8-18,23H,3-7H2,1-2H3,(H,26,27)/b17-10+. The predicted molar refractivity (Wildman–Crippen MR) is 117 cm³/mol. The zero-order valence-electron chi connectivity index (χ0n) is 17.2. The van der Waals surface area contributed by atoms with Gasteiger partial charge in [0, 0.05) is 11.8 Å². The van der Waals surface area contributed by atoms with Gasteiger partial charge < -0.3 is 10.1 Å². The van der Waals surface area contributed by atoms with Gasteiger partial charge in [-0.3, -0.25) is 4.79 Å². The van der Waals surface area contributed by atoms with Crippen molar-refractivity contribution in [2.24, 2.45) is 0 Å². The second-order valence-electron chi connectivity index (χ2n) is 7.89. The van der Waals surface area contributed by atoms with Crippen LogP contribution in [-0.2, 0) is 9.53 Å². The molecular weight excluding hydrogens is 362 g/mol. The van der Waals surface area contributed by atoms with Gasteiger partial charge in [-0.15, -0.1) is 0 Å². The van der Waals surface area contributed by atoms with Gasteiger partial charge in [-0.1, -0.05) is 44.5 Å². The average molecular weight is 392 g/mol. The molecule has 0 aliphatic heterocycles. The van der Waals surface area contributed by atoms with Crippen LogP contribution in [0.15, 0.2) is 54.6 Å². The van der Waals surface area contributed by atoms with E-state index in [1.165, 1.54) is 18.1 Å². The van der Waals surface area contributed by atoms with Crippen LogP contribution in [0.2, 0.25) is 0 Å². The molecule has 152 valence electrons. The van der Waals surface area contributed by atoms with Crippen LogP contribution in [0.4, 0.5) is 5.69 Å². The first-order valence-electron chi connectivity index (χ1n) is 10.4. The minimum Gasteiger partial charge on any atom is -0.459 e. The molecule has 0 spiro atoms. The molecule has 1 saturated carbocycles. The molecule has 1 amide bonds. The van der Waals surface area contributed by atoms with E-state index in [9.17, 15) is 9.59 Å². The number of rotatable bonds is 6. The van der Waals surface area contributed by atoms with E-state index in [0.717, 1.165) is 31.2 Å². The Morgan fingerprint density at radius 3 is 2.24 bits per heavy atom. The number of hydrogen-bond acceptors (Lipinski definition) is 3. The van der Waals surface area contributed by atoms with Crippen molar-refractivity contribution in [3.63, 3.8) is 0 Å². The van der Waals surface area contributed by atoms with Crippen molar-refractivity contribution in [1.82, 2.24) is 0 Å². The fourth-order valence-electron chi connectivity index (χ4n) is 3.44. The number of benzene rings is 2. The van der Waals surface area contributed by atoms with Crippen molar-refractivity contribution in [2.75, 3.05) is 5.32 Å². The monoisotopic (exact) mass is 391 g/mol. The van der Waals surface area contributed by atoms with E-state index in [0.29, 0.717) is 17.2 Å². The molecule has 1 aliphatic rings. The van der Waals surface area contributed by atoms with E-state index < -0.39 is 0 Å². The number of esters is 1. The first-order chi connectivity index (χ1) is 14.0. The number of ether oxygens (including phenoxy) is 1. The van der Waals surface area contributed by atoms with Crippen molar-refractivity contribution in [2.45, 2.75) is 58.0 Å². The minimum atomic E-state index is -0.292. The molecule has 0 bridgehead atoms. The highest BCUT2D eigenvalue weighted by molar-refractivity contribution is 6.02. The summed E-state index contributed by atoms with van der Waals surface area (Å²) in [4.78, 5) is 24.4. The Balaban J connectivity index is 1.51. The quantitative estimate of drug-likeness (QED) is 0.489. The Morgan fingerprint density at radius 2 is 1.62 bits per heavy atom. The Kier molecular flexibility index (Phi) is 7.23. The summed E-state index contributed by atoms with van der Waals surface area (Å²) in [6, 6.07) is 15.0. The first-order valence-corrected chi connectivity index (χ1v) is 10.4. The fourth-order valence-corrected chi connectivity index (χ4v) is 3.44. The second kappa shape index (κ2) is 10.1. The Bertz CT molecular complexity index is 845. The van der Waals surface area contributed by atoms with Crippen molar-refractivity contribution in [1.29, 1.82) is 0 Å². The van der Waals surface area contributed by atoms with Gasteiger partial charge >= 0.3 is 5.97 Å². The average Bonchev–Trinajstić information content (AvgIpc) is 2.74. The molecule has 3 rings (SSSR count). The maximum absolute atomic E-state index is 12.3. The topological polar surface area (TPSA) is 55.4 Å². The van der Waals surface area contributed by atoms with E-state index in [2.05, 4.69) is 31.3 Å². The molecule has 0 unspecified atom stereocenters. The molecule has 0 aromatic heterocycles. The zero-order valence-corrected chi connectivity index (χ0v) is 17.2. The third kappa shape index (κ3) is 6.31. The van der Waals surface area contributed by atoms with Gasteiger partial charge in [0.25, 0.3) is 0 Å². The Labute approximate surface area is 173 Å². The van der Waals surface area contributed by atoms with E-state index in [1.54, 1.807) is 30.3 Å². The second-order valence-corrected chi connectivity index (χ2v) is 7.89. The van der Waals surface area contributed by atoms with E-state index in [-0.39, 0.29) is 18.0 Å². The van der Waals surface area contributed by atoms with Crippen molar-refractivity contribution in [3.05, 3.63) is 71.3 Å². The van der Waals surface area contributed by atoms with Crippen molar-refractivity contribution >= 4 is 23.6 Å². The maximum atomic E-state index is 12.3. The summed E-state index contributed by atoms with van der Waals surface area (Å²) in [5, 5.41) is 2.81. The molecule has 1 fully saturated rings. The largest absolute Gasteiger partial charge is 0.459 e. The number of hydrogen-bond donors (Lipinski definition) is 1. The third-order valence-corrected chi connectivity index (χ3v) is 5.24. The van der Waals surface area contributed by atoms with Crippen LogP contribution >= 0.6 is 0 Å². The lowest BCUT2D eigenvalue weighted by Gasteiger charge is -2.21. The Hall–Kier alpha value is -2.88. The van der Waals surface area contributed by atoms with Crippen LogP contribution in [0.5, 0.6) is 0 Å².